The molecule has 2 rings (SSSR count). The van der Waals surface area contributed by atoms with Gasteiger partial charge in [0.05, 0.1) is 5.70 Å². The third kappa shape index (κ3) is 6.95. The van der Waals surface area contributed by atoms with E-state index in [2.05, 4.69) is 38.2 Å². The van der Waals surface area contributed by atoms with Crippen LogP contribution in [0.25, 0.3) is 0 Å². The summed E-state index contributed by atoms with van der Waals surface area (Å²) in [7, 11) is 1.48. The lowest BCUT2D eigenvalue weighted by Gasteiger charge is -2.17. The van der Waals surface area contributed by atoms with Crippen LogP contribution in [0.15, 0.2) is 50.9 Å². The van der Waals surface area contributed by atoms with Gasteiger partial charge in [0.1, 0.15) is 10.6 Å². The van der Waals surface area contributed by atoms with E-state index in [1.54, 1.807) is 0 Å². The predicted molar refractivity (Wildman–Crippen MR) is 115 cm³/mol. The van der Waals surface area contributed by atoms with E-state index in [1.165, 1.54) is 24.4 Å². The fraction of sp³-hybridized carbons (Fsp3) is 0.550. The van der Waals surface area contributed by atoms with E-state index in [-0.39, 0.29) is 29.0 Å². The minimum absolute atomic E-state index is 0.0519. The Labute approximate surface area is 178 Å². The number of hydrogen-bond donors (Lipinski definition) is 0. The Bertz CT molecular complexity index is 756. The zero-order chi connectivity index (χ0) is 20.8. The van der Waals surface area contributed by atoms with E-state index in [9.17, 15) is 8.78 Å². The molecule has 154 valence electrons. The lowest BCUT2D eigenvalue weighted by molar-refractivity contribution is 0.0123. The third-order valence-electron chi connectivity index (χ3n) is 4.35. The molecule has 1 aliphatic heterocycles. The van der Waals surface area contributed by atoms with Crippen molar-refractivity contribution in [3.05, 3.63) is 46.7 Å². The van der Waals surface area contributed by atoms with Crippen molar-refractivity contribution in [1.29, 1.82) is 0 Å². The number of halogens is 3. The number of thioether (sulfide) groups is 1. The number of benzene rings is 1. The fourth-order valence-electron chi connectivity index (χ4n) is 2.79. The van der Waals surface area contributed by atoms with Crippen LogP contribution in [0.3, 0.4) is 0 Å². The van der Waals surface area contributed by atoms with Gasteiger partial charge in [-0.25, -0.2) is 0 Å². The van der Waals surface area contributed by atoms with Crippen LogP contribution in [0.4, 0.5) is 8.78 Å². The maximum Gasteiger partial charge on any atom is 0.324 e. The number of oxime groups is 1. The Kier molecular flexibility index (Phi) is 8.18. The first-order valence-electron chi connectivity index (χ1n) is 9.19. The van der Waals surface area contributed by atoms with Gasteiger partial charge >= 0.3 is 4.83 Å². The standard InChI is InChI=1S/C20H26BrF2N3OS/c1-5-14-6-8-15(9-7-14)10-11-16(20(21,22)23)17(25-24-4)13-28-18-12-19(2,3)27-26-18/h6-9H,5,10-13H2,1-4H3/b17-16+,25-24?. The lowest BCUT2D eigenvalue weighted by atomic mass is 10.0. The number of allylic oxidation sites excluding steroid dienone is 1. The molecule has 28 heavy (non-hydrogen) atoms. The van der Waals surface area contributed by atoms with Crippen molar-refractivity contribution in [1.82, 2.24) is 0 Å². The van der Waals surface area contributed by atoms with Crippen LogP contribution < -0.4 is 0 Å². The molecule has 4 nitrogen and oxygen atoms in total. The molecule has 0 fully saturated rings. The Balaban J connectivity index is 2.15. The molecule has 0 saturated carbocycles. The highest BCUT2D eigenvalue weighted by Gasteiger charge is 2.34. The van der Waals surface area contributed by atoms with Crippen molar-refractivity contribution >= 4 is 32.7 Å². The SMILES string of the molecule is CCc1ccc(CC/C(=C(/CSC2=NOC(C)(C)C2)N=NC)C(F)(F)Br)cc1. The zero-order valence-electron chi connectivity index (χ0n) is 16.6. The van der Waals surface area contributed by atoms with E-state index >= 15 is 0 Å². The smallest absolute Gasteiger partial charge is 0.324 e. The van der Waals surface area contributed by atoms with Crippen molar-refractivity contribution in [2.45, 2.75) is 56.9 Å². The number of azo groups is 1. The molecule has 0 bridgehead atoms. The van der Waals surface area contributed by atoms with Crippen molar-refractivity contribution in [2.75, 3.05) is 12.8 Å². The van der Waals surface area contributed by atoms with E-state index in [4.69, 9.17) is 4.84 Å². The summed E-state index contributed by atoms with van der Waals surface area (Å²) in [6.07, 6.45) is 2.30. The average molecular weight is 474 g/mol. The molecule has 1 aliphatic rings. The normalized spacial score (nSPS) is 17.5. The topological polar surface area (TPSA) is 46.3 Å². The summed E-state index contributed by atoms with van der Waals surface area (Å²) >= 11 is 3.89. The van der Waals surface area contributed by atoms with Crippen LogP contribution in [0.1, 0.15) is 44.7 Å². The van der Waals surface area contributed by atoms with Crippen LogP contribution in [-0.4, -0.2) is 28.3 Å². The van der Waals surface area contributed by atoms with Gasteiger partial charge < -0.3 is 4.84 Å². The van der Waals surface area contributed by atoms with E-state index in [1.807, 2.05) is 38.1 Å². The summed E-state index contributed by atoms with van der Waals surface area (Å²) in [5, 5.41) is 12.6. The maximum absolute atomic E-state index is 14.3. The Morgan fingerprint density at radius 1 is 1.29 bits per heavy atom. The van der Waals surface area contributed by atoms with Gasteiger partial charge in [0, 0.05) is 24.8 Å². The van der Waals surface area contributed by atoms with Crippen LogP contribution >= 0.6 is 27.7 Å². The quantitative estimate of drug-likeness (QED) is 0.309. The van der Waals surface area contributed by atoms with Crippen molar-refractivity contribution in [2.24, 2.45) is 15.4 Å². The number of nitrogens with zero attached hydrogens (tertiary/aromatic N) is 3. The lowest BCUT2D eigenvalue weighted by Crippen LogP contribution is -2.18. The number of aryl methyl sites for hydroxylation is 2. The molecule has 0 amide bonds. The summed E-state index contributed by atoms with van der Waals surface area (Å²) in [6.45, 7) is 5.96. The molecule has 1 aromatic carbocycles. The highest BCUT2D eigenvalue weighted by molar-refractivity contribution is 9.10. The maximum atomic E-state index is 14.3. The van der Waals surface area contributed by atoms with Crippen LogP contribution in [0, 0.1) is 0 Å². The number of hydrogen-bond acceptors (Lipinski definition) is 5. The second-order valence-corrected chi connectivity index (χ2v) is 9.24. The van der Waals surface area contributed by atoms with Crippen molar-refractivity contribution in [3.63, 3.8) is 0 Å². The zero-order valence-corrected chi connectivity index (χ0v) is 19.0. The molecule has 0 saturated heterocycles. The molecular weight excluding hydrogens is 448 g/mol. The number of rotatable bonds is 8. The predicted octanol–water partition coefficient (Wildman–Crippen LogP) is 6.75. The second kappa shape index (κ2) is 9.96. The molecule has 0 radical (unpaired) electrons. The van der Waals surface area contributed by atoms with E-state index in [0.717, 1.165) is 17.0 Å². The Hall–Kier alpha value is -1.28. The second-order valence-electron chi connectivity index (χ2n) is 7.19. The molecule has 1 aromatic rings. The van der Waals surface area contributed by atoms with Gasteiger partial charge in [0.25, 0.3) is 0 Å². The van der Waals surface area contributed by atoms with E-state index < -0.39 is 4.83 Å². The average Bonchev–Trinajstić information content (AvgIpc) is 2.98. The summed E-state index contributed by atoms with van der Waals surface area (Å²) in [6, 6.07) is 8.05. The molecular formula is C20H26BrF2N3OS. The molecule has 0 unspecified atom stereocenters. The summed E-state index contributed by atoms with van der Waals surface area (Å²) in [4.78, 5) is 2.19. The van der Waals surface area contributed by atoms with Gasteiger partial charge in [-0.2, -0.15) is 19.0 Å². The third-order valence-corrected chi connectivity index (χ3v) is 5.80. The first-order chi connectivity index (χ1) is 13.1. The van der Waals surface area contributed by atoms with Gasteiger partial charge in [0.2, 0.25) is 0 Å². The summed E-state index contributed by atoms with van der Waals surface area (Å²) in [5.41, 5.74) is 2.11. The van der Waals surface area contributed by atoms with Gasteiger partial charge in [-0.3, -0.25) is 0 Å². The van der Waals surface area contributed by atoms with Gasteiger partial charge in [0.15, 0.2) is 0 Å². The molecule has 0 atom stereocenters. The Morgan fingerprint density at radius 2 is 1.93 bits per heavy atom. The van der Waals surface area contributed by atoms with Crippen molar-refractivity contribution < 1.29 is 13.6 Å². The summed E-state index contributed by atoms with van der Waals surface area (Å²) in [5.74, 6) is 0.265. The molecule has 1 heterocycles. The Morgan fingerprint density at radius 3 is 2.43 bits per heavy atom. The monoisotopic (exact) mass is 473 g/mol. The van der Waals surface area contributed by atoms with Gasteiger partial charge in [-0.05, 0) is 60.2 Å². The van der Waals surface area contributed by atoms with Crippen LogP contribution in [-0.2, 0) is 17.7 Å². The van der Waals surface area contributed by atoms with Gasteiger partial charge in [-0.15, -0.1) is 11.8 Å². The largest absolute Gasteiger partial charge is 0.389 e. The minimum atomic E-state index is -3.15. The molecule has 0 aromatic heterocycles. The molecule has 0 N–H and O–H groups in total. The fourth-order valence-corrected chi connectivity index (χ4v) is 4.29. The first-order valence-corrected chi connectivity index (χ1v) is 11.0. The van der Waals surface area contributed by atoms with E-state index in [0.29, 0.717) is 12.8 Å². The highest BCUT2D eigenvalue weighted by atomic mass is 79.9. The first kappa shape index (κ1) is 23.0. The van der Waals surface area contributed by atoms with Gasteiger partial charge in [-0.1, -0.05) is 36.3 Å². The van der Waals surface area contributed by atoms with Crippen molar-refractivity contribution in [3.8, 4) is 0 Å². The summed E-state index contributed by atoms with van der Waals surface area (Å²) < 4.78 is 28.6. The molecule has 0 aliphatic carbocycles. The minimum Gasteiger partial charge on any atom is -0.389 e. The highest BCUT2D eigenvalue weighted by Crippen LogP contribution is 2.38. The van der Waals surface area contributed by atoms with Crippen LogP contribution in [0.5, 0.6) is 0 Å². The number of alkyl halides is 3. The molecule has 8 heteroatoms. The molecule has 0 spiro atoms. The van der Waals surface area contributed by atoms with Crippen LogP contribution in [0.2, 0.25) is 0 Å².